The molecule has 0 spiro atoms. The van der Waals surface area contributed by atoms with Crippen molar-refractivity contribution in [3.63, 3.8) is 0 Å². The second-order valence-electron chi connectivity index (χ2n) is 5.87. The third kappa shape index (κ3) is 6.57. The zero-order chi connectivity index (χ0) is 21.4. The Kier molecular flexibility index (Phi) is 8.66. The molecule has 1 N–H and O–H groups in total. The van der Waals surface area contributed by atoms with Gasteiger partial charge in [0.15, 0.2) is 13.2 Å². The molecule has 1 heterocycles. The smallest absolute Gasteiger partial charge is 0.344 e. The first-order chi connectivity index (χ1) is 13.8. The summed E-state index contributed by atoms with van der Waals surface area (Å²) in [6.07, 6.45) is 0.634. The van der Waals surface area contributed by atoms with Crippen LogP contribution in [0.4, 0.5) is 5.00 Å². The molecule has 1 aromatic carbocycles. The second-order valence-corrected chi connectivity index (χ2v) is 8.01. The van der Waals surface area contributed by atoms with Crippen molar-refractivity contribution in [1.29, 1.82) is 0 Å². The Balaban J connectivity index is 1.91. The van der Waals surface area contributed by atoms with Gasteiger partial charge in [-0.15, -0.1) is 11.3 Å². The van der Waals surface area contributed by atoms with E-state index in [1.807, 2.05) is 13.8 Å². The van der Waals surface area contributed by atoms with E-state index in [1.165, 1.54) is 11.3 Å². The molecule has 0 atom stereocenters. The highest BCUT2D eigenvalue weighted by Crippen LogP contribution is 2.34. The maximum absolute atomic E-state index is 12.3. The number of esters is 2. The van der Waals surface area contributed by atoms with Gasteiger partial charge in [-0.2, -0.15) is 0 Å². The number of hydrogen-bond donors (Lipinski definition) is 1. The van der Waals surface area contributed by atoms with Crippen LogP contribution in [0.1, 0.15) is 34.6 Å². The number of rotatable bonds is 9. The third-order valence-corrected chi connectivity index (χ3v) is 5.42. The Labute approximate surface area is 181 Å². The van der Waals surface area contributed by atoms with Crippen LogP contribution in [-0.4, -0.2) is 37.7 Å². The van der Waals surface area contributed by atoms with Crippen LogP contribution >= 0.6 is 27.3 Å². The lowest BCUT2D eigenvalue weighted by Gasteiger charge is -2.09. The minimum absolute atomic E-state index is 0.236. The molecule has 2 rings (SSSR count). The maximum Gasteiger partial charge on any atom is 0.344 e. The van der Waals surface area contributed by atoms with Gasteiger partial charge in [0.25, 0.3) is 5.91 Å². The van der Waals surface area contributed by atoms with E-state index in [2.05, 4.69) is 21.2 Å². The number of hydrogen-bond acceptors (Lipinski definition) is 7. The van der Waals surface area contributed by atoms with Crippen LogP contribution in [0.2, 0.25) is 0 Å². The minimum Gasteiger partial charge on any atom is -0.482 e. The van der Waals surface area contributed by atoms with E-state index in [1.54, 1.807) is 31.2 Å². The summed E-state index contributed by atoms with van der Waals surface area (Å²) in [5, 5.41) is 3.03. The maximum atomic E-state index is 12.3. The fourth-order valence-corrected chi connectivity index (χ4v) is 3.95. The molecular weight excluding hydrogens is 462 g/mol. The summed E-state index contributed by atoms with van der Waals surface area (Å²) in [7, 11) is 0. The van der Waals surface area contributed by atoms with Crippen LogP contribution in [-0.2, 0) is 25.5 Å². The SMILES string of the molecule is CCOC(=O)c1c(NC(=O)COC(=O)COc2ccc(Br)cc2)sc(C)c1CC. The van der Waals surface area contributed by atoms with Gasteiger partial charge >= 0.3 is 11.9 Å². The molecule has 29 heavy (non-hydrogen) atoms. The largest absolute Gasteiger partial charge is 0.482 e. The summed E-state index contributed by atoms with van der Waals surface area (Å²) in [5.41, 5.74) is 1.19. The number of amides is 1. The van der Waals surface area contributed by atoms with Crippen molar-refractivity contribution in [2.24, 2.45) is 0 Å². The predicted octanol–water partition coefficient (Wildman–Crippen LogP) is 4.12. The van der Waals surface area contributed by atoms with Gasteiger partial charge in [0.1, 0.15) is 10.8 Å². The molecule has 9 heteroatoms. The van der Waals surface area contributed by atoms with E-state index < -0.39 is 24.5 Å². The Morgan fingerprint density at radius 3 is 2.38 bits per heavy atom. The van der Waals surface area contributed by atoms with E-state index in [0.29, 0.717) is 22.7 Å². The van der Waals surface area contributed by atoms with Gasteiger partial charge in [-0.3, -0.25) is 4.79 Å². The third-order valence-electron chi connectivity index (χ3n) is 3.83. The number of halogens is 1. The summed E-state index contributed by atoms with van der Waals surface area (Å²) in [4.78, 5) is 37.2. The predicted molar refractivity (Wildman–Crippen MR) is 114 cm³/mol. The van der Waals surface area contributed by atoms with E-state index in [0.717, 1.165) is 14.9 Å². The first-order valence-corrected chi connectivity index (χ1v) is 10.6. The molecular formula is C20H22BrNO6S. The topological polar surface area (TPSA) is 90.9 Å². The lowest BCUT2D eigenvalue weighted by atomic mass is 10.1. The lowest BCUT2D eigenvalue weighted by molar-refractivity contribution is -0.149. The fraction of sp³-hybridized carbons (Fsp3) is 0.350. The molecule has 2 aromatic rings. The first-order valence-electron chi connectivity index (χ1n) is 8.98. The number of benzene rings is 1. The van der Waals surface area contributed by atoms with E-state index in [-0.39, 0.29) is 13.2 Å². The zero-order valence-corrected chi connectivity index (χ0v) is 18.8. The van der Waals surface area contributed by atoms with Crippen LogP contribution in [0.3, 0.4) is 0 Å². The number of anilines is 1. The molecule has 0 radical (unpaired) electrons. The van der Waals surface area contributed by atoms with Crippen LogP contribution in [0, 0.1) is 6.92 Å². The van der Waals surface area contributed by atoms with Crippen molar-refractivity contribution in [1.82, 2.24) is 0 Å². The Morgan fingerprint density at radius 2 is 1.76 bits per heavy atom. The van der Waals surface area contributed by atoms with E-state index in [9.17, 15) is 14.4 Å². The van der Waals surface area contributed by atoms with E-state index >= 15 is 0 Å². The fourth-order valence-electron chi connectivity index (χ4n) is 2.54. The zero-order valence-electron chi connectivity index (χ0n) is 16.4. The molecule has 0 fully saturated rings. The molecule has 0 saturated heterocycles. The Morgan fingerprint density at radius 1 is 1.07 bits per heavy atom. The second kappa shape index (κ2) is 11.0. The van der Waals surface area contributed by atoms with Crippen molar-refractivity contribution >= 4 is 50.1 Å². The highest BCUT2D eigenvalue weighted by molar-refractivity contribution is 9.10. The van der Waals surface area contributed by atoms with Crippen molar-refractivity contribution in [2.75, 3.05) is 25.1 Å². The van der Waals surface area contributed by atoms with Crippen molar-refractivity contribution in [3.8, 4) is 5.75 Å². The van der Waals surface area contributed by atoms with Crippen molar-refractivity contribution < 1.29 is 28.6 Å². The molecule has 0 aliphatic heterocycles. The number of nitrogens with one attached hydrogen (secondary N) is 1. The Bertz CT molecular complexity index is 878. The molecule has 1 amide bonds. The average molecular weight is 484 g/mol. The van der Waals surface area contributed by atoms with Gasteiger partial charge in [-0.25, -0.2) is 9.59 Å². The highest BCUT2D eigenvalue weighted by Gasteiger charge is 2.23. The lowest BCUT2D eigenvalue weighted by Crippen LogP contribution is -2.24. The van der Waals surface area contributed by atoms with Gasteiger partial charge in [0.05, 0.1) is 12.2 Å². The van der Waals surface area contributed by atoms with Crippen LogP contribution in [0.25, 0.3) is 0 Å². The van der Waals surface area contributed by atoms with Gasteiger partial charge in [0.2, 0.25) is 0 Å². The highest BCUT2D eigenvalue weighted by atomic mass is 79.9. The normalized spacial score (nSPS) is 10.3. The van der Waals surface area contributed by atoms with Gasteiger partial charge in [-0.1, -0.05) is 22.9 Å². The van der Waals surface area contributed by atoms with Crippen LogP contribution < -0.4 is 10.1 Å². The molecule has 7 nitrogen and oxygen atoms in total. The number of carbonyl (C=O) groups is 3. The van der Waals surface area contributed by atoms with Gasteiger partial charge in [0, 0.05) is 9.35 Å². The monoisotopic (exact) mass is 483 g/mol. The summed E-state index contributed by atoms with van der Waals surface area (Å²) < 4.78 is 16.2. The summed E-state index contributed by atoms with van der Waals surface area (Å²) >= 11 is 4.60. The summed E-state index contributed by atoms with van der Waals surface area (Å²) in [6.45, 7) is 4.96. The molecule has 0 saturated carbocycles. The summed E-state index contributed by atoms with van der Waals surface area (Å²) in [6, 6.07) is 6.96. The number of ether oxygens (including phenoxy) is 3. The quantitative estimate of drug-likeness (QED) is 0.539. The summed E-state index contributed by atoms with van der Waals surface area (Å²) in [5.74, 6) is -1.19. The molecule has 1 aromatic heterocycles. The molecule has 0 aliphatic carbocycles. The molecule has 156 valence electrons. The van der Waals surface area contributed by atoms with E-state index in [4.69, 9.17) is 14.2 Å². The standard InChI is InChI=1S/C20H22BrNO6S/c1-4-15-12(3)29-19(18(15)20(25)26-5-2)22-16(23)10-28-17(24)11-27-14-8-6-13(21)7-9-14/h6-9H,4-5,10-11H2,1-3H3,(H,22,23). The number of aryl methyl sites for hydroxylation is 1. The van der Waals surface area contributed by atoms with Crippen molar-refractivity contribution in [2.45, 2.75) is 27.2 Å². The molecule has 0 unspecified atom stereocenters. The van der Waals surface area contributed by atoms with Crippen molar-refractivity contribution in [3.05, 3.63) is 44.7 Å². The molecule has 0 aliphatic rings. The average Bonchev–Trinajstić information content (AvgIpc) is 3.00. The van der Waals surface area contributed by atoms with Gasteiger partial charge in [-0.05, 0) is 50.1 Å². The first kappa shape index (κ1) is 22.9. The van der Waals surface area contributed by atoms with Crippen LogP contribution in [0.5, 0.6) is 5.75 Å². The van der Waals surface area contributed by atoms with Gasteiger partial charge < -0.3 is 19.5 Å². The number of carbonyl (C=O) groups excluding carboxylic acids is 3. The molecule has 0 bridgehead atoms. The number of thiophene rings is 1. The van der Waals surface area contributed by atoms with Crippen LogP contribution in [0.15, 0.2) is 28.7 Å². The Hall–Kier alpha value is -2.39. The minimum atomic E-state index is -0.676.